The van der Waals surface area contributed by atoms with Crippen molar-refractivity contribution in [3.63, 3.8) is 0 Å². The number of hydrogen-bond donors (Lipinski definition) is 0. The molecule has 0 unspecified atom stereocenters. The summed E-state index contributed by atoms with van der Waals surface area (Å²) in [6, 6.07) is 2.08. The summed E-state index contributed by atoms with van der Waals surface area (Å²) < 4.78 is 2.24. The number of nitrogens with zero attached hydrogens (tertiary/aromatic N) is 4. The van der Waals surface area contributed by atoms with Gasteiger partial charge in [-0.1, -0.05) is 37.8 Å². The molecule has 0 aromatic carbocycles. The van der Waals surface area contributed by atoms with E-state index in [-0.39, 0.29) is 17.0 Å². The molecule has 0 atom stereocenters. The molecule has 160 valence electrons. The van der Waals surface area contributed by atoms with Crippen LogP contribution < -0.4 is 10.5 Å². The maximum absolute atomic E-state index is 13.0. The molecule has 2 aliphatic heterocycles. The fraction of sp³-hybridized carbons (Fsp3) is 0.545. The molecule has 0 bridgehead atoms. The summed E-state index contributed by atoms with van der Waals surface area (Å²) in [6.07, 6.45) is 5.14. The molecule has 0 saturated carbocycles. The van der Waals surface area contributed by atoms with Crippen molar-refractivity contribution >= 4 is 46.1 Å². The molecule has 0 N–H and O–H groups in total. The Balaban J connectivity index is 2.19. The number of amides is 1. The molecule has 2 fully saturated rings. The number of thiocarbonyl (C=S) groups is 1. The Morgan fingerprint density at radius 3 is 2.47 bits per heavy atom. The highest BCUT2D eigenvalue weighted by Crippen LogP contribution is 2.36. The minimum absolute atomic E-state index is 0.101. The maximum atomic E-state index is 13.0. The Hall–Kier alpha value is -2.11. The quantitative estimate of drug-likeness (QED) is 0.507. The van der Waals surface area contributed by atoms with Gasteiger partial charge in [-0.15, -0.1) is 0 Å². The van der Waals surface area contributed by atoms with Crippen molar-refractivity contribution in [1.29, 1.82) is 5.26 Å². The van der Waals surface area contributed by atoms with Crippen molar-refractivity contribution < 1.29 is 4.79 Å². The molecule has 8 heteroatoms. The van der Waals surface area contributed by atoms with Crippen LogP contribution >= 0.6 is 24.0 Å². The fourth-order valence-electron chi connectivity index (χ4n) is 4.04. The molecule has 0 aliphatic carbocycles. The second-order valence-corrected chi connectivity index (χ2v) is 9.81. The van der Waals surface area contributed by atoms with E-state index >= 15 is 0 Å². The van der Waals surface area contributed by atoms with Gasteiger partial charge in [0.25, 0.3) is 11.5 Å². The summed E-state index contributed by atoms with van der Waals surface area (Å²) in [4.78, 5) is 30.4. The predicted molar refractivity (Wildman–Crippen MR) is 127 cm³/mol. The van der Waals surface area contributed by atoms with E-state index in [4.69, 9.17) is 12.2 Å². The van der Waals surface area contributed by atoms with Crippen LogP contribution in [0.1, 0.15) is 56.7 Å². The van der Waals surface area contributed by atoms with Gasteiger partial charge in [0, 0.05) is 31.7 Å². The molecule has 1 aromatic rings. The molecule has 6 nitrogen and oxygen atoms in total. The zero-order valence-electron chi connectivity index (χ0n) is 18.0. The highest BCUT2D eigenvalue weighted by Gasteiger charge is 2.33. The molecule has 0 spiro atoms. The molecule has 3 rings (SSSR count). The summed E-state index contributed by atoms with van der Waals surface area (Å²) in [6.45, 7) is 10.6. The topological polar surface area (TPSA) is 69.3 Å². The third-order valence-corrected chi connectivity index (χ3v) is 6.89. The van der Waals surface area contributed by atoms with Gasteiger partial charge in [-0.3, -0.25) is 19.1 Å². The number of carbonyl (C=O) groups excluding carboxylic acids is 1. The summed E-state index contributed by atoms with van der Waals surface area (Å²) in [5.74, 6) is 1.02. The zero-order chi connectivity index (χ0) is 22.0. The van der Waals surface area contributed by atoms with E-state index in [2.05, 4.69) is 24.8 Å². The van der Waals surface area contributed by atoms with Gasteiger partial charge in [0.15, 0.2) is 0 Å². The van der Waals surface area contributed by atoms with E-state index in [1.54, 1.807) is 16.4 Å². The van der Waals surface area contributed by atoms with E-state index in [0.717, 1.165) is 37.3 Å². The smallest absolute Gasteiger partial charge is 0.270 e. The molecule has 1 aromatic heterocycles. The Morgan fingerprint density at radius 1 is 1.23 bits per heavy atom. The normalized spacial score (nSPS) is 18.6. The Bertz CT molecular complexity index is 998. The van der Waals surface area contributed by atoms with E-state index in [0.29, 0.717) is 33.8 Å². The second-order valence-electron chi connectivity index (χ2n) is 8.13. The van der Waals surface area contributed by atoms with Gasteiger partial charge in [-0.2, -0.15) is 5.26 Å². The lowest BCUT2D eigenvalue weighted by molar-refractivity contribution is -0.122. The summed E-state index contributed by atoms with van der Waals surface area (Å²) in [7, 11) is 0. The summed E-state index contributed by atoms with van der Waals surface area (Å²) >= 11 is 6.74. The SMILES string of the molecule is CCn1c(N2CCCCC2)c(/C=C2\SC(=S)N(CC(C)C)C2=O)c(C)c(C#N)c1=O. The highest BCUT2D eigenvalue weighted by molar-refractivity contribution is 8.26. The van der Waals surface area contributed by atoms with E-state index in [1.165, 1.54) is 18.2 Å². The zero-order valence-corrected chi connectivity index (χ0v) is 19.7. The van der Waals surface area contributed by atoms with Gasteiger partial charge >= 0.3 is 0 Å². The van der Waals surface area contributed by atoms with Crippen LogP contribution in [0.25, 0.3) is 6.08 Å². The first kappa shape index (κ1) is 22.6. The van der Waals surface area contributed by atoms with Crippen LogP contribution in [-0.4, -0.2) is 39.3 Å². The van der Waals surface area contributed by atoms with Gasteiger partial charge in [0.2, 0.25) is 0 Å². The van der Waals surface area contributed by atoms with Crippen LogP contribution in [0.2, 0.25) is 0 Å². The second kappa shape index (κ2) is 9.36. The Kier molecular flexibility index (Phi) is 7.04. The summed E-state index contributed by atoms with van der Waals surface area (Å²) in [5.41, 5.74) is 1.28. The first-order valence-electron chi connectivity index (χ1n) is 10.5. The van der Waals surface area contributed by atoms with Gasteiger partial charge < -0.3 is 4.90 Å². The van der Waals surface area contributed by atoms with Gasteiger partial charge in [0.1, 0.15) is 21.8 Å². The first-order valence-corrected chi connectivity index (χ1v) is 11.7. The molecule has 3 heterocycles. The minimum Gasteiger partial charge on any atom is -0.357 e. The number of piperidine rings is 1. The van der Waals surface area contributed by atoms with E-state index in [1.807, 2.05) is 13.0 Å². The largest absolute Gasteiger partial charge is 0.357 e. The predicted octanol–water partition coefficient (Wildman–Crippen LogP) is 3.90. The number of carbonyl (C=O) groups is 1. The van der Waals surface area contributed by atoms with Crippen LogP contribution in [0.3, 0.4) is 0 Å². The van der Waals surface area contributed by atoms with Crippen molar-refractivity contribution in [2.45, 2.75) is 53.5 Å². The van der Waals surface area contributed by atoms with Crippen molar-refractivity contribution in [2.75, 3.05) is 24.5 Å². The number of rotatable bonds is 5. The minimum atomic E-state index is -0.261. The molecular weight excluding hydrogens is 416 g/mol. The number of aromatic nitrogens is 1. The van der Waals surface area contributed by atoms with Crippen LogP contribution in [-0.2, 0) is 11.3 Å². The standard InChI is InChI=1S/C22H28N4O2S2/c1-5-25-19(24-9-7-6-8-10-24)16(15(4)17(12-23)20(25)27)11-18-21(28)26(13-14(2)3)22(29)30-18/h11,14H,5-10,13H2,1-4H3/b18-11-. The number of anilines is 1. The highest BCUT2D eigenvalue weighted by atomic mass is 32.2. The summed E-state index contributed by atoms with van der Waals surface area (Å²) in [5, 5.41) is 9.64. The lowest BCUT2D eigenvalue weighted by Gasteiger charge is -2.33. The lowest BCUT2D eigenvalue weighted by Crippen LogP contribution is -2.37. The van der Waals surface area contributed by atoms with E-state index < -0.39 is 0 Å². The third kappa shape index (κ3) is 4.19. The number of pyridine rings is 1. The number of hydrogen-bond acceptors (Lipinski definition) is 6. The van der Waals surface area contributed by atoms with Crippen LogP contribution in [0.4, 0.5) is 5.82 Å². The van der Waals surface area contributed by atoms with Crippen molar-refractivity contribution in [2.24, 2.45) is 5.92 Å². The lowest BCUT2D eigenvalue weighted by atomic mass is 10.0. The number of nitriles is 1. The van der Waals surface area contributed by atoms with Crippen LogP contribution in [0, 0.1) is 24.2 Å². The Morgan fingerprint density at radius 2 is 1.90 bits per heavy atom. The van der Waals surface area contributed by atoms with E-state index in [9.17, 15) is 14.9 Å². The fourth-order valence-corrected chi connectivity index (χ4v) is 5.29. The van der Waals surface area contributed by atoms with Gasteiger partial charge in [-0.05, 0) is 50.7 Å². The average molecular weight is 445 g/mol. The Labute approximate surface area is 187 Å². The monoisotopic (exact) mass is 444 g/mol. The number of thioether (sulfide) groups is 1. The molecule has 2 aliphatic rings. The van der Waals surface area contributed by atoms with Gasteiger partial charge in [0.05, 0.1) is 4.91 Å². The first-order chi connectivity index (χ1) is 14.3. The molecule has 0 radical (unpaired) electrons. The molecular formula is C22H28N4O2S2. The van der Waals surface area contributed by atoms with Crippen molar-refractivity contribution in [3.8, 4) is 6.07 Å². The molecule has 1 amide bonds. The van der Waals surface area contributed by atoms with Crippen LogP contribution in [0.5, 0.6) is 0 Å². The van der Waals surface area contributed by atoms with Crippen LogP contribution in [0.15, 0.2) is 9.70 Å². The average Bonchev–Trinajstić information content (AvgIpc) is 2.97. The molecule has 30 heavy (non-hydrogen) atoms. The maximum Gasteiger partial charge on any atom is 0.270 e. The van der Waals surface area contributed by atoms with Crippen molar-refractivity contribution in [3.05, 3.63) is 31.9 Å². The van der Waals surface area contributed by atoms with Crippen molar-refractivity contribution in [1.82, 2.24) is 9.47 Å². The third-order valence-electron chi connectivity index (χ3n) is 5.51. The van der Waals surface area contributed by atoms with Gasteiger partial charge in [-0.25, -0.2) is 0 Å². The molecule has 2 saturated heterocycles.